The molecular formula is C18H26Cl3N7O3S. The lowest BCUT2D eigenvalue weighted by Gasteiger charge is -2.37. The van der Waals surface area contributed by atoms with E-state index in [2.05, 4.69) is 14.8 Å². The highest BCUT2D eigenvalue weighted by Crippen LogP contribution is 2.39. The van der Waals surface area contributed by atoms with Gasteiger partial charge in [-0.2, -0.15) is 4.31 Å². The van der Waals surface area contributed by atoms with Crippen LogP contribution in [0, 0.1) is 0 Å². The minimum Gasteiger partial charge on any atom is -0.369 e. The van der Waals surface area contributed by atoms with Crippen LogP contribution in [0.15, 0.2) is 40.0 Å². The summed E-state index contributed by atoms with van der Waals surface area (Å²) in [5, 5.41) is 4.02. The average molecular weight is 527 g/mol. The van der Waals surface area contributed by atoms with E-state index in [1.54, 1.807) is 6.07 Å². The van der Waals surface area contributed by atoms with Gasteiger partial charge in [-0.05, 0) is 25.0 Å². The molecule has 1 aliphatic carbocycles. The second-order valence-electron chi connectivity index (χ2n) is 7.13. The van der Waals surface area contributed by atoms with E-state index in [1.165, 1.54) is 28.8 Å². The number of rotatable bonds is 7. The van der Waals surface area contributed by atoms with Crippen molar-refractivity contribution in [3.8, 4) is 0 Å². The minimum atomic E-state index is -4.05. The van der Waals surface area contributed by atoms with E-state index in [0.29, 0.717) is 29.3 Å². The summed E-state index contributed by atoms with van der Waals surface area (Å²) in [7, 11) is -4.05. The number of sulfonamides is 1. The molecule has 178 valence electrons. The van der Waals surface area contributed by atoms with Crippen molar-refractivity contribution < 1.29 is 13.2 Å². The lowest BCUT2D eigenvalue weighted by atomic mass is 9.97. The van der Waals surface area contributed by atoms with E-state index < -0.39 is 21.5 Å². The molecule has 2 aromatic rings. The number of carbonyl (C=O) groups is 1. The number of nitrogens with two attached hydrogens (primary N) is 3. The number of fused-ring (bicyclic) bond motifs is 1. The van der Waals surface area contributed by atoms with Gasteiger partial charge in [0.15, 0.2) is 0 Å². The van der Waals surface area contributed by atoms with Crippen molar-refractivity contribution >= 4 is 74.9 Å². The first-order valence-corrected chi connectivity index (χ1v) is 11.2. The summed E-state index contributed by atoms with van der Waals surface area (Å²) < 4.78 is 31.6. The molecular weight excluding hydrogens is 501 g/mol. The van der Waals surface area contributed by atoms with Crippen molar-refractivity contribution in [1.82, 2.24) is 9.29 Å². The van der Waals surface area contributed by atoms with Gasteiger partial charge in [-0.25, -0.2) is 8.42 Å². The molecule has 1 aliphatic rings. The fourth-order valence-corrected chi connectivity index (χ4v) is 5.85. The Balaban J connectivity index is 0.00000256. The lowest BCUT2D eigenvalue weighted by Crippen LogP contribution is -2.59. The van der Waals surface area contributed by atoms with Gasteiger partial charge in [0.05, 0.1) is 16.8 Å². The summed E-state index contributed by atoms with van der Waals surface area (Å²) in [5.74, 6) is -0.678. The molecule has 0 bridgehead atoms. The maximum Gasteiger partial charge on any atom is 0.244 e. The van der Waals surface area contributed by atoms with Gasteiger partial charge < -0.3 is 22.5 Å². The number of guanidine groups is 1. The summed E-state index contributed by atoms with van der Waals surface area (Å²) in [4.78, 5) is 16.5. The van der Waals surface area contributed by atoms with E-state index >= 15 is 0 Å². The van der Waals surface area contributed by atoms with Crippen LogP contribution in [0.3, 0.4) is 0 Å². The molecule has 1 saturated carbocycles. The summed E-state index contributed by atoms with van der Waals surface area (Å²) in [6.07, 6.45) is 5.25. The number of amides is 1. The number of hydrogen-bond acceptors (Lipinski definition) is 6. The van der Waals surface area contributed by atoms with Crippen molar-refractivity contribution in [3.05, 3.63) is 30.6 Å². The van der Waals surface area contributed by atoms with Crippen LogP contribution in [0.25, 0.3) is 10.8 Å². The van der Waals surface area contributed by atoms with Crippen LogP contribution >= 0.6 is 36.6 Å². The predicted molar refractivity (Wildman–Crippen MR) is 131 cm³/mol. The number of nitrogens with one attached hydrogen (secondary N) is 1. The van der Waals surface area contributed by atoms with Crippen molar-refractivity contribution in [2.45, 2.75) is 36.1 Å². The SMILES string of the molecule is Cl.Cl.NCCN(C1(C(N)=O)CCCC1)S(=O)(=O)c1ccc2c(NC(N)=NCl)cncc2c1. The Kier molecular flexibility index (Phi) is 9.94. The molecule has 0 unspecified atom stereocenters. The van der Waals surface area contributed by atoms with Gasteiger partial charge in [-0.1, -0.05) is 18.9 Å². The molecule has 0 atom stereocenters. The molecule has 0 spiro atoms. The molecule has 10 nitrogen and oxygen atoms in total. The predicted octanol–water partition coefficient (Wildman–Crippen LogP) is 1.71. The van der Waals surface area contributed by atoms with Gasteiger partial charge in [0.2, 0.25) is 21.9 Å². The zero-order valence-electron chi connectivity index (χ0n) is 17.0. The lowest BCUT2D eigenvalue weighted by molar-refractivity contribution is -0.127. The molecule has 32 heavy (non-hydrogen) atoms. The van der Waals surface area contributed by atoms with E-state index in [1.807, 2.05) is 0 Å². The van der Waals surface area contributed by atoms with Crippen LogP contribution in [0.5, 0.6) is 0 Å². The molecule has 0 saturated heterocycles. The third-order valence-corrected chi connectivity index (χ3v) is 7.52. The van der Waals surface area contributed by atoms with Crippen LogP contribution in [-0.4, -0.2) is 48.2 Å². The van der Waals surface area contributed by atoms with Crippen LogP contribution in [0.2, 0.25) is 0 Å². The van der Waals surface area contributed by atoms with Gasteiger partial charge in [-0.15, -0.1) is 29.3 Å². The maximum atomic E-state index is 13.5. The van der Waals surface area contributed by atoms with Crippen molar-refractivity contribution in [2.75, 3.05) is 18.4 Å². The van der Waals surface area contributed by atoms with Gasteiger partial charge in [0.25, 0.3) is 0 Å². The summed E-state index contributed by atoms with van der Waals surface area (Å²) in [5.41, 5.74) is 16.2. The summed E-state index contributed by atoms with van der Waals surface area (Å²) in [6, 6.07) is 4.58. The van der Waals surface area contributed by atoms with Gasteiger partial charge in [0, 0.05) is 41.8 Å². The van der Waals surface area contributed by atoms with Gasteiger partial charge >= 0.3 is 0 Å². The number of carbonyl (C=O) groups excluding carboxylic acids is 1. The number of benzene rings is 1. The fourth-order valence-electron chi connectivity index (χ4n) is 3.96. The standard InChI is InChI=1S/C18H24ClN7O3S.2ClH/c19-25-17(22)24-15-11-23-10-12-9-13(3-4-14(12)15)30(28,29)26(8-7-20)18(16(21)27)5-1-2-6-18;;/h3-4,9-11H,1-2,5-8,20H2,(H2,21,27)(H3,22,24,25);2*1H. The molecule has 7 N–H and O–H groups in total. The van der Waals surface area contributed by atoms with Crippen LogP contribution < -0.4 is 22.5 Å². The molecule has 14 heteroatoms. The van der Waals surface area contributed by atoms with E-state index in [4.69, 9.17) is 29.0 Å². The number of halogens is 3. The molecule has 1 aromatic heterocycles. The quantitative estimate of drug-likeness (QED) is 0.314. The second kappa shape index (κ2) is 11.3. The Bertz CT molecular complexity index is 1090. The van der Waals surface area contributed by atoms with Crippen molar-refractivity contribution in [3.63, 3.8) is 0 Å². The summed E-state index contributed by atoms with van der Waals surface area (Å²) in [6.45, 7) is 0.0559. The Hall–Kier alpha value is -1.89. The molecule has 1 amide bonds. The Morgan fingerprint density at radius 1 is 1.22 bits per heavy atom. The number of hydrogen-bond donors (Lipinski definition) is 4. The zero-order chi connectivity index (χ0) is 21.9. The second-order valence-corrected chi connectivity index (χ2v) is 9.16. The third kappa shape index (κ3) is 5.19. The van der Waals surface area contributed by atoms with Crippen molar-refractivity contribution in [1.29, 1.82) is 0 Å². The molecule has 0 radical (unpaired) electrons. The number of primary amides is 1. The highest BCUT2D eigenvalue weighted by Gasteiger charge is 2.50. The highest BCUT2D eigenvalue weighted by atomic mass is 35.5. The summed E-state index contributed by atoms with van der Waals surface area (Å²) >= 11 is 5.35. The topological polar surface area (TPSA) is 170 Å². The first kappa shape index (κ1) is 28.1. The van der Waals surface area contributed by atoms with E-state index in [-0.39, 0.29) is 48.8 Å². The average Bonchev–Trinajstić information content (AvgIpc) is 3.22. The molecule has 0 aliphatic heterocycles. The zero-order valence-corrected chi connectivity index (χ0v) is 20.2. The first-order chi connectivity index (χ1) is 14.3. The maximum absolute atomic E-state index is 13.5. The molecule has 1 heterocycles. The first-order valence-electron chi connectivity index (χ1n) is 9.38. The van der Waals surface area contributed by atoms with Gasteiger partial charge in [-0.3, -0.25) is 9.78 Å². The highest BCUT2D eigenvalue weighted by molar-refractivity contribution is 7.89. The number of aromatic nitrogens is 1. The normalized spacial score (nSPS) is 15.8. The monoisotopic (exact) mass is 525 g/mol. The Morgan fingerprint density at radius 2 is 1.88 bits per heavy atom. The number of anilines is 1. The van der Waals surface area contributed by atoms with E-state index in [0.717, 1.165) is 12.8 Å². The smallest absolute Gasteiger partial charge is 0.244 e. The molecule has 3 rings (SSSR count). The molecule has 1 fully saturated rings. The fraction of sp³-hybridized carbons (Fsp3) is 0.389. The molecule has 1 aromatic carbocycles. The van der Waals surface area contributed by atoms with Crippen LogP contribution in [-0.2, 0) is 14.8 Å². The van der Waals surface area contributed by atoms with Crippen LogP contribution in [0.1, 0.15) is 25.7 Å². The number of pyridine rings is 1. The van der Waals surface area contributed by atoms with Crippen molar-refractivity contribution in [2.24, 2.45) is 21.7 Å². The van der Waals surface area contributed by atoms with Gasteiger partial charge in [0.1, 0.15) is 5.54 Å². The largest absolute Gasteiger partial charge is 0.369 e. The third-order valence-electron chi connectivity index (χ3n) is 5.37. The van der Waals surface area contributed by atoms with Crippen LogP contribution in [0.4, 0.5) is 5.69 Å². The Labute approximate surface area is 203 Å². The Morgan fingerprint density at radius 3 is 2.44 bits per heavy atom. The van der Waals surface area contributed by atoms with E-state index in [9.17, 15) is 13.2 Å². The number of nitrogens with zero attached hydrogens (tertiary/aromatic N) is 3. The minimum absolute atomic E-state index is 0.